The molecule has 1 rings (SSSR count). The molecule has 2 N–H and O–H groups in total. The van der Waals surface area contributed by atoms with Crippen molar-refractivity contribution in [3.05, 3.63) is 36.0 Å². The third kappa shape index (κ3) is 7.43. The Kier molecular flexibility index (Phi) is 9.10. The normalized spacial score (nSPS) is 10.6. The summed E-state index contributed by atoms with van der Waals surface area (Å²) < 4.78 is 10.6. The number of hydrogen-bond acceptors (Lipinski definition) is 5. The number of methoxy groups -OCH3 is 1. The Balaban J connectivity index is 2.30. The van der Waals surface area contributed by atoms with Crippen molar-refractivity contribution in [1.29, 1.82) is 5.26 Å². The number of halogens is 1. The van der Waals surface area contributed by atoms with Gasteiger partial charge in [-0.2, -0.15) is 5.26 Å². The highest BCUT2D eigenvalue weighted by Crippen LogP contribution is 2.16. The molecule has 0 aromatic heterocycles. The second-order valence-electron chi connectivity index (χ2n) is 4.45. The van der Waals surface area contributed by atoms with Crippen molar-refractivity contribution in [2.45, 2.75) is 6.42 Å². The largest absolute Gasteiger partial charge is 0.497 e. The van der Waals surface area contributed by atoms with Crippen molar-refractivity contribution >= 4 is 17.5 Å². The summed E-state index contributed by atoms with van der Waals surface area (Å²) in [4.78, 5) is 11.7. The van der Waals surface area contributed by atoms with Crippen molar-refractivity contribution in [1.82, 2.24) is 10.6 Å². The third-order valence-corrected chi connectivity index (χ3v) is 3.05. The lowest BCUT2D eigenvalue weighted by atomic mass is 10.3. The molecule has 1 amide bonds. The summed E-state index contributed by atoms with van der Waals surface area (Å²) in [6.45, 7) is 1.31. The van der Waals surface area contributed by atoms with E-state index in [4.69, 9.17) is 26.3 Å². The van der Waals surface area contributed by atoms with Gasteiger partial charge in [-0.3, -0.25) is 4.79 Å². The van der Waals surface area contributed by atoms with E-state index in [-0.39, 0.29) is 5.57 Å². The first-order valence-electron chi connectivity index (χ1n) is 7.16. The molecule has 124 valence electrons. The van der Waals surface area contributed by atoms with Gasteiger partial charge in [0, 0.05) is 25.2 Å². The van der Waals surface area contributed by atoms with Crippen LogP contribution < -0.4 is 20.1 Å². The highest BCUT2D eigenvalue weighted by atomic mass is 35.5. The summed E-state index contributed by atoms with van der Waals surface area (Å²) in [7, 11) is 1.60. The molecule has 0 unspecified atom stereocenters. The van der Waals surface area contributed by atoms with Gasteiger partial charge in [-0.05, 0) is 30.7 Å². The molecular weight excluding hydrogens is 318 g/mol. The predicted molar refractivity (Wildman–Crippen MR) is 88.5 cm³/mol. The molecule has 0 aliphatic rings. The van der Waals surface area contributed by atoms with Crippen molar-refractivity contribution in [3.8, 4) is 17.6 Å². The lowest BCUT2D eigenvalue weighted by molar-refractivity contribution is -0.117. The summed E-state index contributed by atoms with van der Waals surface area (Å²) in [6.07, 6.45) is 2.04. The van der Waals surface area contributed by atoms with Crippen LogP contribution in [0.2, 0.25) is 0 Å². The topological polar surface area (TPSA) is 83.4 Å². The average Bonchev–Trinajstić information content (AvgIpc) is 2.58. The van der Waals surface area contributed by atoms with E-state index >= 15 is 0 Å². The van der Waals surface area contributed by atoms with E-state index in [1.807, 2.05) is 18.2 Å². The van der Waals surface area contributed by atoms with Crippen LogP contribution in [-0.4, -0.2) is 38.6 Å². The van der Waals surface area contributed by atoms with Crippen LogP contribution in [0.3, 0.4) is 0 Å². The molecule has 0 fully saturated rings. The minimum Gasteiger partial charge on any atom is -0.497 e. The fourth-order valence-electron chi connectivity index (χ4n) is 1.59. The van der Waals surface area contributed by atoms with Gasteiger partial charge in [0.2, 0.25) is 0 Å². The minimum absolute atomic E-state index is 0.0176. The van der Waals surface area contributed by atoms with Crippen LogP contribution in [0.4, 0.5) is 0 Å². The number of nitriles is 1. The van der Waals surface area contributed by atoms with Crippen LogP contribution in [0.1, 0.15) is 6.42 Å². The zero-order valence-electron chi connectivity index (χ0n) is 13.0. The Bertz CT molecular complexity index is 553. The number of nitrogens with zero attached hydrogens (tertiary/aromatic N) is 1. The maximum absolute atomic E-state index is 11.7. The fraction of sp³-hybridized carbons (Fsp3) is 0.375. The van der Waals surface area contributed by atoms with E-state index in [1.54, 1.807) is 19.2 Å². The Hall–Kier alpha value is -2.39. The summed E-state index contributed by atoms with van der Waals surface area (Å²) in [5.74, 6) is 1.53. The van der Waals surface area contributed by atoms with Gasteiger partial charge >= 0.3 is 0 Å². The monoisotopic (exact) mass is 337 g/mol. The first kappa shape index (κ1) is 18.7. The smallest absolute Gasteiger partial charge is 0.263 e. The van der Waals surface area contributed by atoms with E-state index in [9.17, 15) is 4.79 Å². The van der Waals surface area contributed by atoms with Crippen molar-refractivity contribution in [3.63, 3.8) is 0 Å². The number of benzene rings is 1. The van der Waals surface area contributed by atoms with Gasteiger partial charge in [-0.1, -0.05) is 0 Å². The Morgan fingerprint density at radius 2 is 2.00 bits per heavy atom. The molecule has 23 heavy (non-hydrogen) atoms. The number of ether oxygens (including phenoxy) is 2. The summed E-state index contributed by atoms with van der Waals surface area (Å²) in [5.41, 5.74) is 0.0176. The first-order chi connectivity index (χ1) is 11.2. The number of alkyl halides is 1. The lowest BCUT2D eigenvalue weighted by Crippen LogP contribution is -2.27. The van der Waals surface area contributed by atoms with Crippen molar-refractivity contribution < 1.29 is 14.3 Å². The van der Waals surface area contributed by atoms with Gasteiger partial charge in [-0.15, -0.1) is 11.6 Å². The van der Waals surface area contributed by atoms with Crippen LogP contribution in [0, 0.1) is 11.3 Å². The third-order valence-electron chi connectivity index (χ3n) is 2.78. The number of carbonyl (C=O) groups excluding carboxylic acids is 1. The van der Waals surface area contributed by atoms with Crippen molar-refractivity contribution in [2.24, 2.45) is 0 Å². The zero-order valence-corrected chi connectivity index (χ0v) is 13.7. The highest BCUT2D eigenvalue weighted by molar-refractivity contribution is 6.17. The van der Waals surface area contributed by atoms with E-state index in [0.717, 1.165) is 11.5 Å². The van der Waals surface area contributed by atoms with Crippen molar-refractivity contribution in [2.75, 3.05) is 32.7 Å². The molecule has 1 aromatic carbocycles. The van der Waals surface area contributed by atoms with E-state index in [1.165, 1.54) is 6.20 Å². The molecule has 0 radical (unpaired) electrons. The highest BCUT2D eigenvalue weighted by Gasteiger charge is 2.07. The molecule has 0 heterocycles. The number of amides is 1. The Labute approximate surface area is 141 Å². The molecule has 7 heteroatoms. The minimum atomic E-state index is -0.416. The summed E-state index contributed by atoms with van der Waals surface area (Å²) in [5, 5.41) is 14.4. The number of carbonyl (C=O) groups is 1. The van der Waals surface area contributed by atoms with Crippen LogP contribution in [0.15, 0.2) is 36.0 Å². The molecule has 0 aliphatic heterocycles. The predicted octanol–water partition coefficient (Wildman–Crippen LogP) is 1.82. The van der Waals surface area contributed by atoms with Crippen LogP contribution in [0.5, 0.6) is 11.5 Å². The first-order valence-corrected chi connectivity index (χ1v) is 7.69. The van der Waals surface area contributed by atoms with Gasteiger partial charge in [0.25, 0.3) is 5.91 Å². The second-order valence-corrected chi connectivity index (χ2v) is 4.82. The van der Waals surface area contributed by atoms with Crippen LogP contribution in [0.25, 0.3) is 0 Å². The molecular formula is C16H20ClN3O3. The Morgan fingerprint density at radius 3 is 2.61 bits per heavy atom. The maximum Gasteiger partial charge on any atom is 0.263 e. The number of rotatable bonds is 10. The SMILES string of the molecule is COc1ccc(OCCN/C=C(/C#N)C(=O)NCCCCl)cc1. The lowest BCUT2D eigenvalue weighted by Gasteiger charge is -2.07. The van der Waals surface area contributed by atoms with Crippen LogP contribution in [-0.2, 0) is 4.79 Å². The van der Waals surface area contributed by atoms with Gasteiger partial charge in [0.05, 0.1) is 7.11 Å². The molecule has 1 aromatic rings. The van der Waals surface area contributed by atoms with Gasteiger partial charge in [0.1, 0.15) is 29.7 Å². The van der Waals surface area contributed by atoms with E-state index in [0.29, 0.717) is 32.0 Å². The molecule has 0 bridgehead atoms. The van der Waals surface area contributed by atoms with E-state index in [2.05, 4.69) is 10.6 Å². The Morgan fingerprint density at radius 1 is 1.30 bits per heavy atom. The zero-order chi connectivity index (χ0) is 16.9. The molecule has 6 nitrogen and oxygen atoms in total. The molecule has 0 aliphatic carbocycles. The van der Waals surface area contributed by atoms with Gasteiger partial charge < -0.3 is 20.1 Å². The number of nitrogens with one attached hydrogen (secondary N) is 2. The average molecular weight is 338 g/mol. The second kappa shape index (κ2) is 11.2. The van der Waals surface area contributed by atoms with Gasteiger partial charge in [-0.25, -0.2) is 0 Å². The van der Waals surface area contributed by atoms with E-state index < -0.39 is 5.91 Å². The summed E-state index contributed by atoms with van der Waals surface area (Å²) in [6, 6.07) is 9.07. The molecule has 0 saturated carbocycles. The summed E-state index contributed by atoms with van der Waals surface area (Å²) >= 11 is 5.52. The van der Waals surface area contributed by atoms with Crippen LogP contribution >= 0.6 is 11.6 Å². The molecule has 0 spiro atoms. The number of hydrogen-bond donors (Lipinski definition) is 2. The molecule has 0 saturated heterocycles. The quantitative estimate of drug-likeness (QED) is 0.294. The standard InChI is InChI=1S/C16H20ClN3O3/c1-22-14-3-5-15(6-4-14)23-10-9-19-12-13(11-18)16(21)20-8-2-7-17/h3-6,12,19H,2,7-10H2,1H3,(H,20,21)/b13-12-. The van der Waals surface area contributed by atoms with Gasteiger partial charge in [0.15, 0.2) is 0 Å². The maximum atomic E-state index is 11.7. The fourth-order valence-corrected chi connectivity index (χ4v) is 1.72. The molecule has 0 atom stereocenters.